The summed E-state index contributed by atoms with van der Waals surface area (Å²) in [5.74, 6) is 0.969. The molecule has 1 atom stereocenters. The number of nitriles is 1. The van der Waals surface area contributed by atoms with Crippen LogP contribution < -0.4 is 0 Å². The van der Waals surface area contributed by atoms with E-state index < -0.39 is 11.9 Å². The Labute approximate surface area is 219 Å². The maximum atomic E-state index is 12.8. The Hall–Kier alpha value is -4.78. The van der Waals surface area contributed by atoms with Crippen molar-refractivity contribution in [2.45, 2.75) is 45.2 Å². The SMILES string of the molecule is CCCCc1nc2c(n1Cc1ccc(-c3ccccc3-c3nnn[nH]3)cc1)C1C(O)=C(C#N)C(=O)N1CC2. The molecule has 38 heavy (non-hydrogen) atoms. The van der Waals surface area contributed by atoms with Gasteiger partial charge in [0.1, 0.15) is 23.7 Å². The number of aliphatic hydroxyl groups is 1. The van der Waals surface area contributed by atoms with E-state index in [0.29, 0.717) is 25.3 Å². The van der Waals surface area contributed by atoms with Gasteiger partial charge in [0, 0.05) is 31.5 Å². The summed E-state index contributed by atoms with van der Waals surface area (Å²) in [6.07, 6.45) is 3.42. The first-order valence-corrected chi connectivity index (χ1v) is 12.8. The van der Waals surface area contributed by atoms with Crippen LogP contribution in [0.5, 0.6) is 0 Å². The molecule has 0 aliphatic carbocycles. The highest BCUT2D eigenvalue weighted by Gasteiger charge is 2.46. The monoisotopic (exact) mass is 506 g/mol. The van der Waals surface area contributed by atoms with Crippen LogP contribution in [0.4, 0.5) is 0 Å². The number of hydrogen-bond acceptors (Lipinski definition) is 7. The molecule has 2 aliphatic heterocycles. The number of nitrogens with one attached hydrogen (secondary N) is 1. The minimum atomic E-state index is -0.662. The molecule has 0 fully saturated rings. The van der Waals surface area contributed by atoms with Crippen LogP contribution in [-0.2, 0) is 24.2 Å². The number of H-pyrrole nitrogens is 1. The molecular formula is C28H26N8O2. The first-order chi connectivity index (χ1) is 18.6. The highest BCUT2D eigenvalue weighted by atomic mass is 16.3. The summed E-state index contributed by atoms with van der Waals surface area (Å²) in [6.45, 7) is 3.12. The fourth-order valence-electron chi connectivity index (χ4n) is 5.44. The molecule has 6 rings (SSSR count). The van der Waals surface area contributed by atoms with Gasteiger partial charge in [0.25, 0.3) is 5.91 Å². The van der Waals surface area contributed by atoms with Gasteiger partial charge in [0.2, 0.25) is 0 Å². The summed E-state index contributed by atoms with van der Waals surface area (Å²) in [7, 11) is 0. The van der Waals surface area contributed by atoms with Gasteiger partial charge in [-0.1, -0.05) is 61.9 Å². The normalized spacial score (nSPS) is 16.5. The zero-order valence-electron chi connectivity index (χ0n) is 20.9. The number of aliphatic hydroxyl groups excluding tert-OH is 1. The summed E-state index contributed by atoms with van der Waals surface area (Å²) in [5.41, 5.74) is 5.56. The number of rotatable bonds is 7. The number of aromatic amines is 1. The largest absolute Gasteiger partial charge is 0.508 e. The van der Waals surface area contributed by atoms with Gasteiger partial charge in [-0.15, -0.1) is 5.10 Å². The number of fused-ring (bicyclic) bond motifs is 3. The lowest BCUT2D eigenvalue weighted by molar-refractivity contribution is -0.127. The van der Waals surface area contributed by atoms with Crippen LogP contribution in [0, 0.1) is 11.3 Å². The molecule has 2 N–H and O–H groups in total. The number of unbranched alkanes of at least 4 members (excludes halogenated alkanes) is 1. The zero-order chi connectivity index (χ0) is 26.2. The number of carbonyl (C=O) groups is 1. The van der Waals surface area contributed by atoms with E-state index >= 15 is 0 Å². The molecule has 1 amide bonds. The molecule has 4 heterocycles. The van der Waals surface area contributed by atoms with Crippen molar-refractivity contribution in [1.82, 2.24) is 35.1 Å². The van der Waals surface area contributed by atoms with Crippen LogP contribution in [0.2, 0.25) is 0 Å². The molecule has 4 aromatic rings. The van der Waals surface area contributed by atoms with E-state index in [9.17, 15) is 15.2 Å². The van der Waals surface area contributed by atoms with Gasteiger partial charge >= 0.3 is 0 Å². The second-order valence-electron chi connectivity index (χ2n) is 9.57. The molecule has 0 saturated carbocycles. The van der Waals surface area contributed by atoms with Crippen molar-refractivity contribution in [1.29, 1.82) is 5.26 Å². The average molecular weight is 507 g/mol. The van der Waals surface area contributed by atoms with Gasteiger partial charge in [-0.2, -0.15) is 5.26 Å². The molecule has 0 saturated heterocycles. The Bertz CT molecular complexity index is 1580. The standard InChI is InChI=1S/C28H26N8O2/c1-2-3-8-23-30-22-13-14-35-25(26(37)21(15-29)28(35)38)24(22)36(23)16-17-9-11-18(12-10-17)19-6-4-5-7-20(19)27-31-33-34-32-27/h4-7,9-12,25,37H,2-3,8,13-14,16H2,1H3,(H,31,32,33,34). The highest BCUT2D eigenvalue weighted by Crippen LogP contribution is 2.41. The molecule has 0 radical (unpaired) electrons. The lowest BCUT2D eigenvalue weighted by atomic mass is 9.98. The molecule has 0 spiro atoms. The van der Waals surface area contributed by atoms with Gasteiger partial charge in [0.05, 0.1) is 11.4 Å². The van der Waals surface area contributed by atoms with Crippen molar-refractivity contribution in [2.24, 2.45) is 0 Å². The van der Waals surface area contributed by atoms with Crippen LogP contribution in [-0.4, -0.2) is 52.6 Å². The second kappa shape index (κ2) is 9.59. The maximum absolute atomic E-state index is 12.8. The third-order valence-electron chi connectivity index (χ3n) is 7.31. The fourth-order valence-corrected chi connectivity index (χ4v) is 5.44. The van der Waals surface area contributed by atoms with Crippen molar-refractivity contribution < 1.29 is 9.90 Å². The van der Waals surface area contributed by atoms with Crippen LogP contribution in [0.3, 0.4) is 0 Å². The number of hydrogen-bond donors (Lipinski definition) is 2. The smallest absolute Gasteiger partial charge is 0.269 e. The van der Waals surface area contributed by atoms with Crippen molar-refractivity contribution in [3.05, 3.63) is 82.6 Å². The third kappa shape index (κ3) is 3.84. The van der Waals surface area contributed by atoms with E-state index in [0.717, 1.165) is 58.7 Å². The van der Waals surface area contributed by atoms with E-state index in [1.54, 1.807) is 4.90 Å². The number of nitrogens with zero attached hydrogens (tertiary/aromatic N) is 7. The Kier molecular flexibility index (Phi) is 5.96. The van der Waals surface area contributed by atoms with Crippen molar-refractivity contribution in [3.63, 3.8) is 0 Å². The van der Waals surface area contributed by atoms with Gasteiger partial charge in [-0.05, 0) is 33.5 Å². The first kappa shape index (κ1) is 23.6. The summed E-state index contributed by atoms with van der Waals surface area (Å²) >= 11 is 0. The minimum Gasteiger partial charge on any atom is -0.508 e. The highest BCUT2D eigenvalue weighted by molar-refractivity contribution is 6.01. The minimum absolute atomic E-state index is 0.171. The average Bonchev–Trinajstić information content (AvgIpc) is 3.66. The molecule has 2 aliphatic rings. The van der Waals surface area contributed by atoms with E-state index in [1.807, 2.05) is 30.3 Å². The lowest BCUT2D eigenvalue weighted by Gasteiger charge is -2.31. The third-order valence-corrected chi connectivity index (χ3v) is 7.31. The topological polar surface area (TPSA) is 137 Å². The van der Waals surface area contributed by atoms with Crippen molar-refractivity contribution >= 4 is 5.91 Å². The Morgan fingerprint density at radius 1 is 1.16 bits per heavy atom. The van der Waals surface area contributed by atoms with Crippen LogP contribution in [0.25, 0.3) is 22.5 Å². The molecular weight excluding hydrogens is 480 g/mol. The molecule has 2 aromatic carbocycles. The fraction of sp³-hybridized carbons (Fsp3) is 0.286. The molecule has 0 bridgehead atoms. The lowest BCUT2D eigenvalue weighted by Crippen LogP contribution is -2.37. The summed E-state index contributed by atoms with van der Waals surface area (Å²) in [6, 6.07) is 17.5. The quantitative estimate of drug-likeness (QED) is 0.388. The number of aryl methyl sites for hydroxylation is 1. The van der Waals surface area contributed by atoms with E-state index in [4.69, 9.17) is 4.98 Å². The number of aromatic nitrogens is 6. The van der Waals surface area contributed by atoms with Crippen molar-refractivity contribution in [3.8, 4) is 28.6 Å². The Balaban J connectivity index is 1.37. The molecule has 190 valence electrons. The maximum Gasteiger partial charge on any atom is 0.269 e. The number of benzene rings is 2. The zero-order valence-corrected chi connectivity index (χ0v) is 20.9. The first-order valence-electron chi connectivity index (χ1n) is 12.8. The number of tetrazole rings is 1. The van der Waals surface area contributed by atoms with Gasteiger partial charge in [0.15, 0.2) is 11.4 Å². The summed E-state index contributed by atoms with van der Waals surface area (Å²) < 4.78 is 2.13. The number of imidazole rings is 1. The van der Waals surface area contributed by atoms with Gasteiger partial charge in [-0.3, -0.25) is 4.79 Å². The van der Waals surface area contributed by atoms with Gasteiger partial charge in [-0.25, -0.2) is 10.1 Å². The predicted molar refractivity (Wildman–Crippen MR) is 138 cm³/mol. The predicted octanol–water partition coefficient (Wildman–Crippen LogP) is 3.90. The molecule has 1 unspecified atom stereocenters. The Morgan fingerprint density at radius 3 is 2.66 bits per heavy atom. The van der Waals surface area contributed by atoms with E-state index in [2.05, 4.69) is 56.4 Å². The summed E-state index contributed by atoms with van der Waals surface area (Å²) in [5, 5.41) is 34.7. The molecule has 10 heteroatoms. The van der Waals surface area contributed by atoms with Crippen LogP contribution in [0.15, 0.2) is 59.9 Å². The van der Waals surface area contributed by atoms with Crippen LogP contribution >= 0.6 is 0 Å². The number of carbonyl (C=O) groups excluding carboxylic acids is 1. The molecule has 10 nitrogen and oxygen atoms in total. The molecule has 2 aromatic heterocycles. The number of amides is 1. The van der Waals surface area contributed by atoms with Crippen LogP contribution in [0.1, 0.15) is 48.6 Å². The Morgan fingerprint density at radius 2 is 1.95 bits per heavy atom. The summed E-state index contributed by atoms with van der Waals surface area (Å²) in [4.78, 5) is 19.3. The van der Waals surface area contributed by atoms with Gasteiger partial charge < -0.3 is 14.6 Å². The second-order valence-corrected chi connectivity index (χ2v) is 9.57. The van der Waals surface area contributed by atoms with Crippen molar-refractivity contribution in [2.75, 3.05) is 6.54 Å². The van der Waals surface area contributed by atoms with E-state index in [-0.39, 0.29) is 11.3 Å². The van der Waals surface area contributed by atoms with E-state index in [1.165, 1.54) is 0 Å².